The van der Waals surface area contributed by atoms with Crippen molar-refractivity contribution >= 4 is 27.5 Å². The fourth-order valence-corrected chi connectivity index (χ4v) is 7.00. The fourth-order valence-electron chi connectivity index (χ4n) is 5.58. The van der Waals surface area contributed by atoms with Crippen molar-refractivity contribution in [2.24, 2.45) is 0 Å². The number of hydrogen-bond donors (Lipinski definition) is 1. The first-order valence-corrected chi connectivity index (χ1v) is 16.6. The number of carbonyl (C=O) groups is 2. The number of benzene rings is 3. The number of carbonyl (C=O) groups excluding carboxylic acids is 2. The first kappa shape index (κ1) is 32.9. The number of nitrogens with one attached hydrogen (secondary N) is 1. The Morgan fingerprint density at radius 3 is 2.18 bits per heavy atom. The summed E-state index contributed by atoms with van der Waals surface area (Å²) in [6.07, 6.45) is 5.44. The van der Waals surface area contributed by atoms with Gasteiger partial charge in [-0.15, -0.1) is 0 Å². The van der Waals surface area contributed by atoms with Gasteiger partial charge in [0.15, 0.2) is 0 Å². The van der Waals surface area contributed by atoms with E-state index < -0.39 is 28.5 Å². The van der Waals surface area contributed by atoms with Crippen molar-refractivity contribution in [3.05, 3.63) is 83.9 Å². The molecule has 0 spiro atoms. The first-order chi connectivity index (χ1) is 21.2. The Morgan fingerprint density at radius 1 is 0.909 bits per heavy atom. The third-order valence-corrected chi connectivity index (χ3v) is 9.87. The zero-order chi connectivity index (χ0) is 31.7. The van der Waals surface area contributed by atoms with Gasteiger partial charge in [-0.2, -0.15) is 0 Å². The zero-order valence-corrected chi connectivity index (χ0v) is 26.8. The van der Waals surface area contributed by atoms with Gasteiger partial charge in [0.2, 0.25) is 11.8 Å². The summed E-state index contributed by atoms with van der Waals surface area (Å²) >= 11 is 0. The number of sulfonamides is 1. The molecule has 1 aliphatic rings. The van der Waals surface area contributed by atoms with Crippen molar-refractivity contribution < 1.29 is 27.5 Å². The van der Waals surface area contributed by atoms with Crippen LogP contribution < -0.4 is 19.1 Å². The molecule has 0 radical (unpaired) electrons. The molecule has 0 aromatic heterocycles. The minimum absolute atomic E-state index is 0.0468. The van der Waals surface area contributed by atoms with E-state index >= 15 is 0 Å². The van der Waals surface area contributed by atoms with Gasteiger partial charge in [0, 0.05) is 12.6 Å². The van der Waals surface area contributed by atoms with E-state index in [1.54, 1.807) is 55.6 Å². The van der Waals surface area contributed by atoms with Crippen LogP contribution >= 0.6 is 0 Å². The van der Waals surface area contributed by atoms with Gasteiger partial charge in [0.25, 0.3) is 10.0 Å². The number of methoxy groups -OCH3 is 2. The van der Waals surface area contributed by atoms with Gasteiger partial charge in [-0.1, -0.05) is 68.1 Å². The Labute approximate surface area is 261 Å². The number of ether oxygens (including phenoxy) is 2. The van der Waals surface area contributed by atoms with E-state index in [4.69, 9.17) is 9.47 Å². The lowest BCUT2D eigenvalue weighted by molar-refractivity contribution is -0.140. The molecule has 4 rings (SSSR count). The molecule has 0 aliphatic heterocycles. The van der Waals surface area contributed by atoms with Crippen molar-refractivity contribution in [1.82, 2.24) is 10.2 Å². The van der Waals surface area contributed by atoms with Crippen LogP contribution in [0.2, 0.25) is 0 Å². The number of rotatable bonds is 13. The van der Waals surface area contributed by atoms with E-state index in [1.165, 1.54) is 24.1 Å². The number of nitrogens with zero attached hydrogens (tertiary/aromatic N) is 2. The molecule has 236 valence electrons. The highest BCUT2D eigenvalue weighted by Gasteiger charge is 2.35. The van der Waals surface area contributed by atoms with Gasteiger partial charge in [-0.05, 0) is 68.1 Å². The van der Waals surface area contributed by atoms with Crippen LogP contribution in [0.15, 0.2) is 77.7 Å². The molecule has 0 bridgehead atoms. The molecule has 3 aromatic rings. The van der Waals surface area contributed by atoms with E-state index in [2.05, 4.69) is 5.32 Å². The molecule has 1 unspecified atom stereocenters. The van der Waals surface area contributed by atoms with E-state index in [-0.39, 0.29) is 29.1 Å². The molecule has 10 heteroatoms. The standard InChI is InChI=1S/C34H43N3O6S/c1-5-30(34(39)35-27-11-7-6-8-12-27)36(23-26-17-19-28(42-3)20-18-26)33(38)24-37(31-13-9-10-14-32(31)43-4)44(40,41)29-21-15-25(2)16-22-29/h9-10,13-22,27,30H,5-8,11-12,23-24H2,1-4H3,(H,35,39). The van der Waals surface area contributed by atoms with Gasteiger partial charge in [-0.25, -0.2) is 8.42 Å². The summed E-state index contributed by atoms with van der Waals surface area (Å²) in [5.74, 6) is 0.236. The van der Waals surface area contributed by atoms with E-state index in [1.807, 2.05) is 26.0 Å². The predicted octanol–water partition coefficient (Wildman–Crippen LogP) is 5.46. The van der Waals surface area contributed by atoms with Crippen LogP contribution in [0, 0.1) is 6.92 Å². The molecule has 9 nitrogen and oxygen atoms in total. The minimum atomic E-state index is -4.20. The number of hydrogen-bond acceptors (Lipinski definition) is 6. The molecule has 2 amide bonds. The molecular formula is C34H43N3O6S. The quantitative estimate of drug-likeness (QED) is 0.272. The SMILES string of the molecule is CCC(C(=O)NC1CCCCC1)N(Cc1ccc(OC)cc1)C(=O)CN(c1ccccc1OC)S(=O)(=O)c1ccc(C)cc1. The Balaban J connectivity index is 1.73. The Morgan fingerprint density at radius 2 is 1.57 bits per heavy atom. The highest BCUT2D eigenvalue weighted by Crippen LogP contribution is 2.33. The van der Waals surface area contributed by atoms with Crippen LogP contribution in [-0.2, 0) is 26.2 Å². The van der Waals surface area contributed by atoms with Crippen LogP contribution in [0.3, 0.4) is 0 Å². The van der Waals surface area contributed by atoms with Gasteiger partial charge < -0.3 is 19.7 Å². The lowest BCUT2D eigenvalue weighted by Crippen LogP contribution is -2.54. The lowest BCUT2D eigenvalue weighted by atomic mass is 9.95. The predicted molar refractivity (Wildman–Crippen MR) is 171 cm³/mol. The maximum absolute atomic E-state index is 14.4. The van der Waals surface area contributed by atoms with Crippen LogP contribution in [0.1, 0.15) is 56.6 Å². The van der Waals surface area contributed by atoms with Crippen LogP contribution in [0.5, 0.6) is 11.5 Å². The normalized spacial score (nSPS) is 14.4. The summed E-state index contributed by atoms with van der Waals surface area (Å²) in [7, 11) is -1.17. The summed E-state index contributed by atoms with van der Waals surface area (Å²) in [6, 6.07) is 19.7. The van der Waals surface area contributed by atoms with Gasteiger partial charge in [0.05, 0.1) is 24.8 Å². The molecule has 0 heterocycles. The molecule has 1 N–H and O–H groups in total. The Bertz CT molecular complexity index is 1500. The van der Waals surface area contributed by atoms with Gasteiger partial charge in [0.1, 0.15) is 24.1 Å². The minimum Gasteiger partial charge on any atom is -0.497 e. The second-order valence-electron chi connectivity index (χ2n) is 11.1. The van der Waals surface area contributed by atoms with Crippen LogP contribution in [0.25, 0.3) is 0 Å². The molecule has 1 saturated carbocycles. The molecular weight excluding hydrogens is 578 g/mol. The Hall–Kier alpha value is -4.05. The summed E-state index contributed by atoms with van der Waals surface area (Å²) in [4.78, 5) is 29.6. The van der Waals surface area contributed by atoms with E-state index in [9.17, 15) is 18.0 Å². The smallest absolute Gasteiger partial charge is 0.264 e. The first-order valence-electron chi connectivity index (χ1n) is 15.1. The second-order valence-corrected chi connectivity index (χ2v) is 13.0. The molecule has 0 saturated heterocycles. The van der Waals surface area contributed by atoms with Crippen molar-refractivity contribution in [2.75, 3.05) is 25.1 Å². The van der Waals surface area contributed by atoms with Gasteiger partial charge >= 0.3 is 0 Å². The third kappa shape index (κ3) is 7.91. The molecule has 3 aromatic carbocycles. The van der Waals surface area contributed by atoms with Crippen molar-refractivity contribution in [1.29, 1.82) is 0 Å². The van der Waals surface area contributed by atoms with Crippen LogP contribution in [-0.4, -0.2) is 58.0 Å². The van der Waals surface area contributed by atoms with Crippen molar-refractivity contribution in [3.8, 4) is 11.5 Å². The second kappa shape index (κ2) is 15.1. The fraction of sp³-hybridized carbons (Fsp3) is 0.412. The third-order valence-electron chi connectivity index (χ3n) is 8.09. The number of aryl methyl sites for hydroxylation is 1. The highest BCUT2D eigenvalue weighted by atomic mass is 32.2. The zero-order valence-electron chi connectivity index (χ0n) is 26.0. The maximum atomic E-state index is 14.4. The maximum Gasteiger partial charge on any atom is 0.264 e. The number of anilines is 1. The Kier molecular flexibility index (Phi) is 11.3. The van der Waals surface area contributed by atoms with Crippen molar-refractivity contribution in [3.63, 3.8) is 0 Å². The summed E-state index contributed by atoms with van der Waals surface area (Å²) in [6.45, 7) is 3.32. The average molecular weight is 622 g/mol. The summed E-state index contributed by atoms with van der Waals surface area (Å²) in [5, 5.41) is 3.17. The summed E-state index contributed by atoms with van der Waals surface area (Å²) in [5.41, 5.74) is 1.92. The topological polar surface area (TPSA) is 105 Å². The average Bonchev–Trinajstić information content (AvgIpc) is 3.04. The van der Waals surface area contributed by atoms with Gasteiger partial charge in [-0.3, -0.25) is 13.9 Å². The largest absolute Gasteiger partial charge is 0.497 e. The highest BCUT2D eigenvalue weighted by molar-refractivity contribution is 7.92. The summed E-state index contributed by atoms with van der Waals surface area (Å²) < 4.78 is 40.2. The molecule has 1 aliphatic carbocycles. The monoisotopic (exact) mass is 621 g/mol. The molecule has 1 atom stereocenters. The van der Waals surface area contributed by atoms with Crippen molar-refractivity contribution in [2.45, 2.75) is 75.9 Å². The van der Waals surface area contributed by atoms with Crippen LogP contribution in [0.4, 0.5) is 5.69 Å². The number of amides is 2. The van der Waals surface area contributed by atoms with E-state index in [0.29, 0.717) is 17.9 Å². The number of para-hydroxylation sites is 2. The molecule has 44 heavy (non-hydrogen) atoms. The van der Waals surface area contributed by atoms with E-state index in [0.717, 1.165) is 47.5 Å². The molecule has 1 fully saturated rings. The lowest BCUT2D eigenvalue weighted by Gasteiger charge is -2.34.